The van der Waals surface area contributed by atoms with Gasteiger partial charge < -0.3 is 34.8 Å². The van der Waals surface area contributed by atoms with E-state index in [-0.39, 0.29) is 18.1 Å². The van der Waals surface area contributed by atoms with E-state index in [4.69, 9.17) is 19.2 Å². The van der Waals surface area contributed by atoms with Gasteiger partial charge in [-0.25, -0.2) is 14.8 Å². The number of carbonyl (C=O) groups excluding carboxylic acids is 1. The van der Waals surface area contributed by atoms with E-state index in [1.807, 2.05) is 64.0 Å². The first kappa shape index (κ1) is 30.7. The van der Waals surface area contributed by atoms with Crippen molar-refractivity contribution in [1.29, 1.82) is 0 Å². The van der Waals surface area contributed by atoms with Crippen molar-refractivity contribution in [2.24, 2.45) is 5.41 Å². The zero-order valence-electron chi connectivity index (χ0n) is 26.1. The fourth-order valence-corrected chi connectivity index (χ4v) is 5.96. The number of carbonyl (C=O) groups is 1. The molecule has 43 heavy (non-hydrogen) atoms. The Balaban J connectivity index is 1.33. The number of benzene rings is 1. The van der Waals surface area contributed by atoms with Gasteiger partial charge in [0.05, 0.1) is 23.6 Å². The average molecular weight is 593 g/mol. The number of amides is 2. The van der Waals surface area contributed by atoms with Crippen LogP contribution in [0.4, 0.5) is 10.6 Å². The third-order valence-electron chi connectivity index (χ3n) is 8.48. The van der Waals surface area contributed by atoms with Crippen LogP contribution in [0.15, 0.2) is 28.8 Å². The minimum absolute atomic E-state index is 0.0994. The Hall–Kier alpha value is -3.74. The summed E-state index contributed by atoms with van der Waals surface area (Å²) < 4.78 is 11.3. The molecule has 0 bridgehead atoms. The van der Waals surface area contributed by atoms with Crippen molar-refractivity contribution < 1.29 is 19.2 Å². The highest BCUT2D eigenvalue weighted by Gasteiger charge is 2.47. The second-order valence-electron chi connectivity index (χ2n) is 12.1. The van der Waals surface area contributed by atoms with Crippen molar-refractivity contribution >= 4 is 11.8 Å². The zero-order chi connectivity index (χ0) is 30.7. The van der Waals surface area contributed by atoms with Crippen LogP contribution in [-0.2, 0) is 0 Å². The van der Waals surface area contributed by atoms with Crippen molar-refractivity contribution in [3.63, 3.8) is 0 Å². The smallest absolute Gasteiger partial charge is 0.319 e. The van der Waals surface area contributed by atoms with Crippen LogP contribution >= 0.6 is 0 Å². The molecule has 3 aromatic rings. The maximum Gasteiger partial charge on any atom is 0.319 e. The Kier molecular flexibility index (Phi) is 9.19. The van der Waals surface area contributed by atoms with E-state index in [1.54, 1.807) is 11.9 Å². The first-order valence-electron chi connectivity index (χ1n) is 14.9. The number of aryl methyl sites for hydroxylation is 2. The highest BCUT2D eigenvalue weighted by atomic mass is 16.5. The maximum absolute atomic E-state index is 12.3. The van der Waals surface area contributed by atoms with E-state index >= 15 is 0 Å². The molecule has 5 rings (SSSR count). The summed E-state index contributed by atoms with van der Waals surface area (Å²) in [6, 6.07) is 7.71. The van der Waals surface area contributed by atoms with Crippen LogP contribution in [0, 0.1) is 26.2 Å². The average Bonchev–Trinajstić information content (AvgIpc) is 3.31. The van der Waals surface area contributed by atoms with Gasteiger partial charge in [-0.05, 0) is 52.8 Å². The van der Waals surface area contributed by atoms with Gasteiger partial charge in [0.1, 0.15) is 30.0 Å². The lowest BCUT2D eigenvalue weighted by Crippen LogP contribution is -2.63. The van der Waals surface area contributed by atoms with E-state index in [0.717, 1.165) is 72.9 Å². The van der Waals surface area contributed by atoms with Gasteiger partial charge in [-0.2, -0.15) is 0 Å². The van der Waals surface area contributed by atoms with Gasteiger partial charge in [0.15, 0.2) is 5.82 Å². The fourth-order valence-electron chi connectivity index (χ4n) is 5.96. The third-order valence-corrected chi connectivity index (χ3v) is 8.48. The monoisotopic (exact) mass is 592 g/mol. The predicted octanol–water partition coefficient (Wildman–Crippen LogP) is 3.13. The lowest BCUT2D eigenvalue weighted by Gasteiger charge is -2.54. The summed E-state index contributed by atoms with van der Waals surface area (Å²) in [7, 11) is 5.41. The molecule has 2 saturated heterocycles. The van der Waals surface area contributed by atoms with Crippen LogP contribution in [-0.4, -0.2) is 114 Å². The van der Waals surface area contributed by atoms with Gasteiger partial charge in [-0.1, -0.05) is 17.3 Å². The molecule has 1 aromatic carbocycles. The molecule has 1 spiro atoms. The zero-order valence-corrected chi connectivity index (χ0v) is 26.1. The SMILES string of the molecule is CNCC(O)COc1cccc(-c2nc(NCN3CCC4(CC3)CN(C(=O)N(C)C)C4)c(C)c(-c3c(C)noc3C)n2)c1. The maximum atomic E-state index is 12.3. The summed E-state index contributed by atoms with van der Waals surface area (Å²) in [5.41, 5.74) is 4.39. The predicted molar refractivity (Wildman–Crippen MR) is 165 cm³/mol. The molecule has 232 valence electrons. The van der Waals surface area contributed by atoms with Crippen molar-refractivity contribution in [3.8, 4) is 28.4 Å². The number of urea groups is 1. The Morgan fingerprint density at radius 2 is 1.93 bits per heavy atom. The molecule has 2 aromatic heterocycles. The van der Waals surface area contributed by atoms with Gasteiger partial charge in [0.25, 0.3) is 0 Å². The lowest BCUT2D eigenvalue weighted by molar-refractivity contribution is -0.0257. The molecule has 2 aliphatic heterocycles. The molecule has 4 heterocycles. The molecule has 3 N–H and O–H groups in total. The Labute approximate surface area is 253 Å². The number of aromatic nitrogens is 3. The number of nitrogens with zero attached hydrogens (tertiary/aromatic N) is 6. The van der Waals surface area contributed by atoms with Crippen LogP contribution in [0.3, 0.4) is 0 Å². The van der Waals surface area contributed by atoms with Gasteiger partial charge in [-0.3, -0.25) is 4.90 Å². The van der Waals surface area contributed by atoms with E-state index in [1.165, 1.54) is 0 Å². The number of nitrogens with one attached hydrogen (secondary N) is 2. The number of piperidine rings is 1. The first-order chi connectivity index (χ1) is 20.6. The van der Waals surface area contributed by atoms with E-state index in [0.29, 0.717) is 30.5 Å². The molecule has 0 aliphatic carbocycles. The van der Waals surface area contributed by atoms with Crippen molar-refractivity contribution in [3.05, 3.63) is 41.3 Å². The van der Waals surface area contributed by atoms with Crippen LogP contribution in [0.1, 0.15) is 29.9 Å². The van der Waals surface area contributed by atoms with Gasteiger partial charge in [0, 0.05) is 63.4 Å². The molecule has 2 aliphatic rings. The molecule has 1 unspecified atom stereocenters. The molecule has 0 radical (unpaired) electrons. The molecule has 0 saturated carbocycles. The number of likely N-dealkylation sites (N-methyl/N-ethyl adjacent to an activating group) is 1. The molecule has 12 heteroatoms. The normalized spacial score (nSPS) is 17.0. The third kappa shape index (κ3) is 6.76. The number of anilines is 1. The molecule has 2 amide bonds. The Morgan fingerprint density at radius 1 is 1.19 bits per heavy atom. The highest BCUT2D eigenvalue weighted by molar-refractivity contribution is 5.75. The summed E-state index contributed by atoms with van der Waals surface area (Å²) >= 11 is 0. The number of ether oxygens (including phenoxy) is 1. The standard InChI is InChI=1S/C31H44N8O4/c1-20-27(26-21(2)36-43-22(26)3)34-29(23-8-7-9-25(14-23)42-16-24(40)15-32-4)35-28(20)33-19-38-12-10-31(11-13-38)17-39(18-31)30(41)37(5)6/h7-9,14,24,32,40H,10-13,15-19H2,1-6H3,(H,33,34,35). The largest absolute Gasteiger partial charge is 0.491 e. The Morgan fingerprint density at radius 3 is 2.58 bits per heavy atom. The number of hydrogen-bond acceptors (Lipinski definition) is 10. The number of aliphatic hydroxyl groups excluding tert-OH is 1. The minimum atomic E-state index is -0.611. The summed E-state index contributed by atoms with van der Waals surface area (Å²) in [6.45, 7) is 10.7. The topological polar surface area (TPSA) is 132 Å². The highest BCUT2D eigenvalue weighted by Crippen LogP contribution is 2.41. The quantitative estimate of drug-likeness (QED) is 0.323. The Bertz CT molecular complexity index is 1410. The van der Waals surface area contributed by atoms with E-state index < -0.39 is 6.10 Å². The second-order valence-corrected chi connectivity index (χ2v) is 12.1. The molecular weight excluding hydrogens is 548 g/mol. The molecule has 1 atom stereocenters. The van der Waals surface area contributed by atoms with Gasteiger partial charge >= 0.3 is 6.03 Å². The number of rotatable bonds is 10. The summed E-state index contributed by atoms with van der Waals surface area (Å²) in [6.07, 6.45) is 1.53. The van der Waals surface area contributed by atoms with E-state index in [2.05, 4.69) is 20.7 Å². The van der Waals surface area contributed by atoms with Crippen LogP contribution in [0.5, 0.6) is 5.75 Å². The van der Waals surface area contributed by atoms with Crippen molar-refractivity contribution in [1.82, 2.24) is 35.1 Å². The summed E-state index contributed by atoms with van der Waals surface area (Å²) in [5.74, 6) is 2.65. The van der Waals surface area contributed by atoms with Crippen molar-refractivity contribution in [2.75, 3.05) is 72.5 Å². The van der Waals surface area contributed by atoms with Gasteiger partial charge in [-0.15, -0.1) is 0 Å². The molecule has 12 nitrogen and oxygen atoms in total. The number of aliphatic hydroxyl groups is 1. The first-order valence-corrected chi connectivity index (χ1v) is 14.9. The van der Waals surface area contributed by atoms with Crippen LogP contribution in [0.25, 0.3) is 22.6 Å². The molecule has 2 fully saturated rings. The van der Waals surface area contributed by atoms with Crippen LogP contribution in [0.2, 0.25) is 0 Å². The summed E-state index contributed by atoms with van der Waals surface area (Å²) in [4.78, 5) is 28.2. The van der Waals surface area contributed by atoms with Gasteiger partial charge in [0.2, 0.25) is 0 Å². The summed E-state index contributed by atoms with van der Waals surface area (Å²) in [5, 5.41) is 20.8. The number of likely N-dealkylation sites (tertiary alicyclic amines) is 2. The number of hydrogen-bond donors (Lipinski definition) is 3. The van der Waals surface area contributed by atoms with E-state index in [9.17, 15) is 9.90 Å². The molecular formula is C31H44N8O4. The lowest BCUT2D eigenvalue weighted by atomic mass is 9.72. The second kappa shape index (κ2) is 12.9. The fraction of sp³-hybridized carbons (Fsp3) is 0.548. The minimum Gasteiger partial charge on any atom is -0.491 e. The van der Waals surface area contributed by atoms with Crippen molar-refractivity contribution in [2.45, 2.75) is 39.7 Å². The van der Waals surface area contributed by atoms with Crippen LogP contribution < -0.4 is 15.4 Å².